The molecule has 4 rings (SSSR count). The zero-order valence-corrected chi connectivity index (χ0v) is 17.5. The first kappa shape index (κ1) is 21.5. The van der Waals surface area contributed by atoms with Gasteiger partial charge in [-0.05, 0) is 16.7 Å². The quantitative estimate of drug-likeness (QED) is 0.407. The summed E-state index contributed by atoms with van der Waals surface area (Å²) in [5.41, 5.74) is 2.20. The molecule has 0 aromatic heterocycles. The van der Waals surface area contributed by atoms with Crippen molar-refractivity contribution in [3.63, 3.8) is 0 Å². The van der Waals surface area contributed by atoms with Gasteiger partial charge in [0.2, 0.25) is 0 Å². The van der Waals surface area contributed by atoms with Crippen LogP contribution in [0.3, 0.4) is 0 Å². The van der Waals surface area contributed by atoms with Gasteiger partial charge in [-0.1, -0.05) is 97.1 Å². The molecule has 4 nitrogen and oxygen atoms in total. The maximum atomic E-state index is 10.6. The molecule has 160 valence electrons. The minimum Gasteiger partial charge on any atom is -0.390 e. The number of ether oxygens (including phenoxy) is 3. The van der Waals surface area contributed by atoms with Crippen LogP contribution in [-0.4, -0.2) is 36.8 Å². The number of aliphatic hydroxyl groups excluding tert-OH is 1. The molecule has 0 amide bonds. The fourth-order valence-electron chi connectivity index (χ4n) is 4.10. The van der Waals surface area contributed by atoms with E-state index in [2.05, 4.69) is 43.0 Å². The zero-order chi connectivity index (χ0) is 21.5. The first-order valence-electron chi connectivity index (χ1n) is 10.6. The second-order valence-electron chi connectivity index (χ2n) is 7.62. The lowest BCUT2D eigenvalue weighted by Gasteiger charge is -2.37. The van der Waals surface area contributed by atoms with Crippen molar-refractivity contribution < 1.29 is 19.3 Å². The molecule has 1 unspecified atom stereocenters. The molecule has 1 N–H and O–H groups in total. The minimum atomic E-state index is -0.840. The van der Waals surface area contributed by atoms with E-state index >= 15 is 0 Å². The maximum absolute atomic E-state index is 10.6. The van der Waals surface area contributed by atoms with Gasteiger partial charge in [0.1, 0.15) is 11.7 Å². The van der Waals surface area contributed by atoms with E-state index in [4.69, 9.17) is 14.2 Å². The summed E-state index contributed by atoms with van der Waals surface area (Å²) in [6.07, 6.45) is 0.489. The van der Waals surface area contributed by atoms with Crippen LogP contribution >= 0.6 is 0 Å². The van der Waals surface area contributed by atoms with Crippen LogP contribution < -0.4 is 0 Å². The molecule has 3 aromatic carbocycles. The lowest BCUT2D eigenvalue weighted by atomic mass is 9.80. The topological polar surface area (TPSA) is 47.9 Å². The number of aliphatic hydroxyl groups is 1. The van der Waals surface area contributed by atoms with Gasteiger partial charge >= 0.3 is 0 Å². The van der Waals surface area contributed by atoms with Gasteiger partial charge in [-0.3, -0.25) is 0 Å². The smallest absolute Gasteiger partial charge is 0.161 e. The van der Waals surface area contributed by atoms with E-state index in [9.17, 15) is 5.11 Å². The molecule has 0 aliphatic carbocycles. The van der Waals surface area contributed by atoms with Crippen molar-refractivity contribution in [2.24, 2.45) is 0 Å². The molecule has 0 saturated carbocycles. The van der Waals surface area contributed by atoms with Crippen LogP contribution in [0.2, 0.25) is 0 Å². The van der Waals surface area contributed by atoms with Crippen molar-refractivity contribution in [3.8, 4) is 0 Å². The van der Waals surface area contributed by atoms with Gasteiger partial charge in [0.25, 0.3) is 0 Å². The zero-order valence-electron chi connectivity index (χ0n) is 17.5. The van der Waals surface area contributed by atoms with E-state index < -0.39 is 24.1 Å². The third-order valence-electron chi connectivity index (χ3n) is 5.59. The monoisotopic (exact) mass is 416 g/mol. The van der Waals surface area contributed by atoms with Gasteiger partial charge in [-0.25, -0.2) is 0 Å². The summed E-state index contributed by atoms with van der Waals surface area (Å²) in [5.74, 6) is 0. The van der Waals surface area contributed by atoms with Gasteiger partial charge < -0.3 is 19.3 Å². The number of hydrogen-bond donors (Lipinski definition) is 1. The van der Waals surface area contributed by atoms with Crippen molar-refractivity contribution in [1.82, 2.24) is 0 Å². The highest BCUT2D eigenvalue weighted by Gasteiger charge is 2.41. The SMILES string of the molecule is C=CCOC1C[C@H](O)[C@@H](COC(c2ccccc2)(c2ccccc2)c2ccccc2)O1. The Morgan fingerprint density at radius 3 is 1.81 bits per heavy atom. The van der Waals surface area contributed by atoms with E-state index in [-0.39, 0.29) is 6.61 Å². The Morgan fingerprint density at radius 1 is 0.871 bits per heavy atom. The number of rotatable bonds is 9. The Balaban J connectivity index is 1.70. The van der Waals surface area contributed by atoms with Gasteiger partial charge in [0.15, 0.2) is 6.29 Å². The summed E-state index contributed by atoms with van der Waals surface area (Å²) in [4.78, 5) is 0. The predicted molar refractivity (Wildman–Crippen MR) is 121 cm³/mol. The van der Waals surface area contributed by atoms with Crippen LogP contribution in [0.4, 0.5) is 0 Å². The Kier molecular flexibility index (Phi) is 6.95. The fraction of sp³-hybridized carbons (Fsp3) is 0.259. The van der Waals surface area contributed by atoms with Crippen LogP contribution in [0, 0.1) is 0 Å². The molecule has 1 aliphatic heterocycles. The number of benzene rings is 3. The number of hydrogen-bond acceptors (Lipinski definition) is 4. The summed E-state index contributed by atoms with van der Waals surface area (Å²) < 4.78 is 18.3. The first-order chi connectivity index (χ1) is 15.2. The molecule has 0 bridgehead atoms. The summed E-state index contributed by atoms with van der Waals surface area (Å²) >= 11 is 0. The largest absolute Gasteiger partial charge is 0.390 e. The highest BCUT2D eigenvalue weighted by molar-refractivity contribution is 5.47. The molecule has 1 heterocycles. The van der Waals surface area contributed by atoms with E-state index in [1.165, 1.54) is 0 Å². The molecule has 4 heteroatoms. The fourth-order valence-corrected chi connectivity index (χ4v) is 4.10. The molecular weight excluding hydrogens is 388 g/mol. The van der Waals surface area contributed by atoms with E-state index in [1.54, 1.807) is 6.08 Å². The summed E-state index contributed by atoms with van der Waals surface area (Å²) in [5, 5.41) is 10.6. The minimum absolute atomic E-state index is 0.216. The second kappa shape index (κ2) is 10.0. The Bertz CT molecular complexity index is 846. The molecule has 3 atom stereocenters. The lowest BCUT2D eigenvalue weighted by Crippen LogP contribution is -2.38. The van der Waals surface area contributed by atoms with Crippen molar-refractivity contribution in [1.29, 1.82) is 0 Å². The van der Waals surface area contributed by atoms with Gasteiger partial charge in [-0.15, -0.1) is 6.58 Å². The molecule has 1 saturated heterocycles. The second-order valence-corrected chi connectivity index (χ2v) is 7.62. The maximum Gasteiger partial charge on any atom is 0.161 e. The van der Waals surface area contributed by atoms with Crippen molar-refractivity contribution in [3.05, 3.63) is 120 Å². The van der Waals surface area contributed by atoms with Crippen molar-refractivity contribution in [2.75, 3.05) is 13.2 Å². The van der Waals surface area contributed by atoms with E-state index in [0.717, 1.165) is 16.7 Å². The standard InChI is InChI=1S/C27H28O4/c1-2-18-29-26-19-24(28)25(31-26)20-30-27(21-12-6-3-7-13-21,22-14-8-4-9-15-22)23-16-10-5-11-17-23/h2-17,24-26,28H,1,18-20H2/t24-,25+,26?/m0/s1. The molecule has 3 aromatic rings. The van der Waals surface area contributed by atoms with Crippen LogP contribution in [0.1, 0.15) is 23.1 Å². The third-order valence-corrected chi connectivity index (χ3v) is 5.59. The summed E-state index contributed by atoms with van der Waals surface area (Å²) in [6.45, 7) is 4.26. The molecule has 0 radical (unpaired) electrons. The predicted octanol–water partition coefficient (Wildman–Crippen LogP) is 4.67. The van der Waals surface area contributed by atoms with Crippen LogP contribution in [0.5, 0.6) is 0 Å². The summed E-state index contributed by atoms with van der Waals surface area (Å²) in [7, 11) is 0. The van der Waals surface area contributed by atoms with Gasteiger partial charge in [0, 0.05) is 6.42 Å². The van der Waals surface area contributed by atoms with Gasteiger partial charge in [-0.2, -0.15) is 0 Å². The van der Waals surface area contributed by atoms with Crippen molar-refractivity contribution >= 4 is 0 Å². The van der Waals surface area contributed by atoms with Crippen LogP contribution in [0.25, 0.3) is 0 Å². The molecule has 31 heavy (non-hydrogen) atoms. The lowest BCUT2D eigenvalue weighted by molar-refractivity contribution is -0.151. The average molecular weight is 417 g/mol. The highest BCUT2D eigenvalue weighted by Crippen LogP contribution is 2.41. The molecule has 1 fully saturated rings. The first-order valence-corrected chi connectivity index (χ1v) is 10.6. The highest BCUT2D eigenvalue weighted by atomic mass is 16.7. The van der Waals surface area contributed by atoms with Crippen LogP contribution in [-0.2, 0) is 19.8 Å². The van der Waals surface area contributed by atoms with E-state index in [1.807, 2.05) is 54.6 Å². The van der Waals surface area contributed by atoms with Gasteiger partial charge in [0.05, 0.1) is 19.3 Å². The third kappa shape index (κ3) is 4.63. The molecule has 0 spiro atoms. The normalized spacial score (nSPS) is 21.1. The molecule has 1 aliphatic rings. The Labute approximate surface area is 183 Å². The summed E-state index contributed by atoms with van der Waals surface area (Å²) in [6, 6.07) is 30.5. The van der Waals surface area contributed by atoms with E-state index in [0.29, 0.717) is 13.0 Å². The Hall–Kier alpha value is -2.76. The van der Waals surface area contributed by atoms with Crippen molar-refractivity contribution in [2.45, 2.75) is 30.5 Å². The molecular formula is C27H28O4. The Morgan fingerprint density at radius 2 is 1.35 bits per heavy atom. The average Bonchev–Trinajstić information content (AvgIpc) is 3.19. The van der Waals surface area contributed by atoms with Crippen LogP contribution in [0.15, 0.2) is 104 Å².